The van der Waals surface area contributed by atoms with E-state index in [0.717, 1.165) is 39.4 Å². The summed E-state index contributed by atoms with van der Waals surface area (Å²) in [4.78, 5) is 23.4. The summed E-state index contributed by atoms with van der Waals surface area (Å²) in [5.41, 5.74) is 6.49. The van der Waals surface area contributed by atoms with Crippen LogP contribution in [0.1, 0.15) is 16.1 Å². The SMILES string of the molecule is Nc1ncc(Br)cc1C(=O)c1cccc(NCCN2CCOCC2)n1. The quantitative estimate of drug-likeness (QED) is 0.707. The number of pyridine rings is 2. The summed E-state index contributed by atoms with van der Waals surface area (Å²) in [7, 11) is 0. The van der Waals surface area contributed by atoms with Crippen LogP contribution in [0.3, 0.4) is 0 Å². The Bertz CT molecular complexity index is 750. The lowest BCUT2D eigenvalue weighted by Crippen LogP contribution is -2.39. The average molecular weight is 406 g/mol. The molecule has 2 aromatic rings. The van der Waals surface area contributed by atoms with E-state index in [1.54, 1.807) is 24.4 Å². The Morgan fingerprint density at radius 3 is 2.96 bits per heavy atom. The molecule has 0 spiro atoms. The lowest BCUT2D eigenvalue weighted by atomic mass is 10.1. The molecule has 8 heteroatoms. The third-order valence-corrected chi connectivity index (χ3v) is 4.38. The second-order valence-electron chi connectivity index (χ2n) is 5.70. The fourth-order valence-corrected chi connectivity index (χ4v) is 2.93. The van der Waals surface area contributed by atoms with E-state index in [4.69, 9.17) is 10.5 Å². The number of ketones is 1. The Labute approximate surface area is 154 Å². The van der Waals surface area contributed by atoms with Crippen molar-refractivity contribution in [3.05, 3.63) is 46.2 Å². The van der Waals surface area contributed by atoms with E-state index in [2.05, 4.69) is 36.1 Å². The minimum atomic E-state index is -0.247. The number of hydrogen-bond donors (Lipinski definition) is 2. The van der Waals surface area contributed by atoms with Crippen LogP contribution in [0.25, 0.3) is 0 Å². The minimum absolute atomic E-state index is 0.195. The normalized spacial score (nSPS) is 15.1. The van der Waals surface area contributed by atoms with Gasteiger partial charge >= 0.3 is 0 Å². The summed E-state index contributed by atoms with van der Waals surface area (Å²) >= 11 is 3.31. The van der Waals surface area contributed by atoms with Gasteiger partial charge in [-0.2, -0.15) is 0 Å². The van der Waals surface area contributed by atoms with Crippen molar-refractivity contribution in [1.29, 1.82) is 0 Å². The predicted octanol–water partition coefficient (Wildman–Crippen LogP) is 1.80. The van der Waals surface area contributed by atoms with Crippen LogP contribution in [-0.2, 0) is 4.74 Å². The predicted molar refractivity (Wildman–Crippen MR) is 99.8 cm³/mol. The number of anilines is 2. The maximum Gasteiger partial charge on any atom is 0.215 e. The van der Waals surface area contributed by atoms with Crippen LogP contribution >= 0.6 is 15.9 Å². The lowest BCUT2D eigenvalue weighted by Gasteiger charge is -2.26. The summed E-state index contributed by atoms with van der Waals surface area (Å²) in [6.45, 7) is 5.12. The van der Waals surface area contributed by atoms with Gasteiger partial charge in [-0.25, -0.2) is 9.97 Å². The van der Waals surface area contributed by atoms with E-state index in [-0.39, 0.29) is 11.6 Å². The number of carbonyl (C=O) groups is 1. The molecule has 0 saturated carbocycles. The van der Waals surface area contributed by atoms with Gasteiger partial charge in [0.1, 0.15) is 17.3 Å². The number of halogens is 1. The van der Waals surface area contributed by atoms with Gasteiger partial charge in [0, 0.05) is 36.8 Å². The highest BCUT2D eigenvalue weighted by Crippen LogP contribution is 2.19. The van der Waals surface area contributed by atoms with Crippen LogP contribution in [0.4, 0.5) is 11.6 Å². The number of ether oxygens (including phenoxy) is 1. The highest BCUT2D eigenvalue weighted by Gasteiger charge is 2.16. The summed E-state index contributed by atoms with van der Waals surface area (Å²) in [5, 5.41) is 3.26. The molecule has 0 aliphatic carbocycles. The molecule has 0 unspecified atom stereocenters. The summed E-state index contributed by atoms with van der Waals surface area (Å²) in [6.07, 6.45) is 1.56. The molecule has 3 rings (SSSR count). The first kappa shape index (κ1) is 17.8. The number of nitrogens with one attached hydrogen (secondary N) is 1. The third-order valence-electron chi connectivity index (χ3n) is 3.95. The average Bonchev–Trinajstić information content (AvgIpc) is 2.64. The number of rotatable bonds is 6. The van der Waals surface area contributed by atoms with Crippen LogP contribution in [0, 0.1) is 0 Å². The van der Waals surface area contributed by atoms with Crippen LogP contribution in [0.5, 0.6) is 0 Å². The Kier molecular flexibility index (Phi) is 5.95. The van der Waals surface area contributed by atoms with E-state index >= 15 is 0 Å². The van der Waals surface area contributed by atoms with Crippen molar-refractivity contribution >= 4 is 33.3 Å². The standard InChI is InChI=1S/C17H20BrN5O2/c18-12-10-13(17(19)21-11-12)16(24)14-2-1-3-15(22-14)20-4-5-23-6-8-25-9-7-23/h1-3,10-11H,4-9H2,(H2,19,21)(H,20,22). The second kappa shape index (κ2) is 8.37. The number of aromatic nitrogens is 2. The monoisotopic (exact) mass is 405 g/mol. The molecule has 3 N–H and O–H groups in total. The van der Waals surface area contributed by atoms with E-state index in [9.17, 15) is 4.79 Å². The van der Waals surface area contributed by atoms with Gasteiger partial charge < -0.3 is 15.8 Å². The van der Waals surface area contributed by atoms with Gasteiger partial charge in [0.05, 0.1) is 18.8 Å². The number of nitrogens with two attached hydrogens (primary N) is 1. The first-order valence-electron chi connectivity index (χ1n) is 8.10. The molecule has 7 nitrogen and oxygen atoms in total. The van der Waals surface area contributed by atoms with Crippen molar-refractivity contribution in [2.45, 2.75) is 0 Å². The molecule has 3 heterocycles. The first-order chi connectivity index (χ1) is 12.1. The second-order valence-corrected chi connectivity index (χ2v) is 6.62. The fraction of sp³-hybridized carbons (Fsp3) is 0.353. The highest BCUT2D eigenvalue weighted by molar-refractivity contribution is 9.10. The molecule has 0 amide bonds. The zero-order valence-electron chi connectivity index (χ0n) is 13.7. The molecule has 1 saturated heterocycles. The van der Waals surface area contributed by atoms with E-state index in [0.29, 0.717) is 21.5 Å². The number of nitrogen functional groups attached to an aromatic ring is 1. The summed E-state index contributed by atoms with van der Waals surface area (Å²) in [5.74, 6) is 0.615. The largest absolute Gasteiger partial charge is 0.383 e. The van der Waals surface area contributed by atoms with E-state index in [1.165, 1.54) is 0 Å². The topological polar surface area (TPSA) is 93.4 Å². The molecular weight excluding hydrogens is 386 g/mol. The molecule has 25 heavy (non-hydrogen) atoms. The van der Waals surface area contributed by atoms with Crippen molar-refractivity contribution in [1.82, 2.24) is 14.9 Å². The van der Waals surface area contributed by atoms with Crippen LogP contribution in [-0.4, -0.2) is 60.0 Å². The fourth-order valence-electron chi connectivity index (χ4n) is 2.60. The summed E-state index contributed by atoms with van der Waals surface area (Å²) < 4.78 is 6.03. The molecule has 1 aliphatic rings. The molecule has 0 atom stereocenters. The smallest absolute Gasteiger partial charge is 0.215 e. The maximum atomic E-state index is 12.6. The van der Waals surface area contributed by atoms with Crippen LogP contribution in [0.15, 0.2) is 34.9 Å². The number of hydrogen-bond acceptors (Lipinski definition) is 7. The zero-order chi connectivity index (χ0) is 17.6. The van der Waals surface area contributed by atoms with Crippen molar-refractivity contribution in [3.63, 3.8) is 0 Å². The molecule has 1 fully saturated rings. The third kappa shape index (κ3) is 4.75. The van der Waals surface area contributed by atoms with Gasteiger partial charge in [0.2, 0.25) is 5.78 Å². The van der Waals surface area contributed by atoms with Gasteiger partial charge in [-0.1, -0.05) is 6.07 Å². The van der Waals surface area contributed by atoms with Crippen LogP contribution < -0.4 is 11.1 Å². The number of morpholine rings is 1. The number of nitrogens with zero attached hydrogens (tertiary/aromatic N) is 3. The Hall–Kier alpha value is -2.03. The van der Waals surface area contributed by atoms with Crippen molar-refractivity contribution < 1.29 is 9.53 Å². The Morgan fingerprint density at radius 2 is 2.16 bits per heavy atom. The molecular formula is C17H20BrN5O2. The maximum absolute atomic E-state index is 12.6. The zero-order valence-corrected chi connectivity index (χ0v) is 15.3. The van der Waals surface area contributed by atoms with Crippen LogP contribution in [0.2, 0.25) is 0 Å². The summed E-state index contributed by atoms with van der Waals surface area (Å²) in [6, 6.07) is 6.98. The van der Waals surface area contributed by atoms with Crippen molar-refractivity contribution in [2.75, 3.05) is 50.4 Å². The van der Waals surface area contributed by atoms with Gasteiger partial charge in [0.25, 0.3) is 0 Å². The molecule has 0 bridgehead atoms. The molecule has 0 aromatic carbocycles. The number of carbonyl (C=O) groups excluding carboxylic acids is 1. The highest BCUT2D eigenvalue weighted by atomic mass is 79.9. The van der Waals surface area contributed by atoms with E-state index < -0.39 is 0 Å². The van der Waals surface area contributed by atoms with Gasteiger partial charge in [-0.05, 0) is 34.1 Å². The van der Waals surface area contributed by atoms with Crippen molar-refractivity contribution in [2.24, 2.45) is 0 Å². The van der Waals surface area contributed by atoms with Gasteiger partial charge in [-0.15, -0.1) is 0 Å². The molecule has 2 aromatic heterocycles. The van der Waals surface area contributed by atoms with Gasteiger partial charge in [-0.3, -0.25) is 9.69 Å². The molecule has 1 aliphatic heterocycles. The van der Waals surface area contributed by atoms with Crippen molar-refractivity contribution in [3.8, 4) is 0 Å². The minimum Gasteiger partial charge on any atom is -0.383 e. The molecule has 0 radical (unpaired) electrons. The molecule has 132 valence electrons. The Balaban J connectivity index is 1.64. The lowest BCUT2D eigenvalue weighted by molar-refractivity contribution is 0.0398. The van der Waals surface area contributed by atoms with Gasteiger partial charge in [0.15, 0.2) is 0 Å². The van der Waals surface area contributed by atoms with E-state index in [1.807, 2.05) is 6.07 Å². The Morgan fingerprint density at radius 1 is 1.36 bits per heavy atom. The first-order valence-corrected chi connectivity index (χ1v) is 8.89.